The zero-order valence-electron chi connectivity index (χ0n) is 6.71. The summed E-state index contributed by atoms with van der Waals surface area (Å²) in [6.45, 7) is 1.84. The van der Waals surface area contributed by atoms with Gasteiger partial charge in [0.1, 0.15) is 0 Å². The van der Waals surface area contributed by atoms with E-state index in [1.54, 1.807) is 18.2 Å². The molecule has 0 saturated carbocycles. The minimum absolute atomic E-state index is 0.673. The molecule has 0 aliphatic rings. The van der Waals surface area contributed by atoms with Crippen molar-refractivity contribution in [1.29, 1.82) is 5.26 Å². The summed E-state index contributed by atoms with van der Waals surface area (Å²) in [4.78, 5) is 0. The number of hydrogen-bond acceptors (Lipinski definition) is 1. The second-order valence-corrected chi connectivity index (χ2v) is 2.76. The maximum atomic E-state index is 8.70. The number of benzene rings is 1. The molecule has 1 aromatic rings. The van der Waals surface area contributed by atoms with Gasteiger partial charge in [0.05, 0.1) is 11.6 Å². The first-order valence-electron chi connectivity index (χ1n) is 3.60. The standard InChI is InChI=1S/C10H8ClN/c1-2-8(7-12)9-3-5-10(11)6-4-9/h2-6H,1H3. The summed E-state index contributed by atoms with van der Waals surface area (Å²) in [5, 5.41) is 9.38. The fourth-order valence-electron chi connectivity index (χ4n) is 0.925. The fraction of sp³-hybridized carbons (Fsp3) is 0.100. The molecule has 0 fully saturated rings. The molecule has 0 heterocycles. The Morgan fingerprint density at radius 3 is 2.42 bits per heavy atom. The van der Waals surface area contributed by atoms with Crippen molar-refractivity contribution in [3.8, 4) is 6.07 Å². The maximum absolute atomic E-state index is 8.70. The summed E-state index contributed by atoms with van der Waals surface area (Å²) < 4.78 is 0. The maximum Gasteiger partial charge on any atom is 0.0994 e. The van der Waals surface area contributed by atoms with Gasteiger partial charge in [-0.25, -0.2) is 0 Å². The molecule has 0 spiro atoms. The molecule has 12 heavy (non-hydrogen) atoms. The van der Waals surface area contributed by atoms with E-state index < -0.39 is 0 Å². The zero-order valence-corrected chi connectivity index (χ0v) is 7.47. The Morgan fingerprint density at radius 2 is 2.00 bits per heavy atom. The first-order chi connectivity index (χ1) is 5.77. The van der Waals surface area contributed by atoms with Crippen molar-refractivity contribution in [2.24, 2.45) is 0 Å². The van der Waals surface area contributed by atoms with E-state index in [-0.39, 0.29) is 0 Å². The van der Waals surface area contributed by atoms with Gasteiger partial charge in [-0.1, -0.05) is 29.8 Å². The van der Waals surface area contributed by atoms with Crippen LogP contribution >= 0.6 is 11.6 Å². The number of hydrogen-bond donors (Lipinski definition) is 0. The minimum Gasteiger partial charge on any atom is -0.192 e. The van der Waals surface area contributed by atoms with Gasteiger partial charge in [-0.2, -0.15) is 5.26 Å². The van der Waals surface area contributed by atoms with Crippen molar-refractivity contribution in [3.05, 3.63) is 40.9 Å². The van der Waals surface area contributed by atoms with Gasteiger partial charge in [0.2, 0.25) is 0 Å². The SMILES string of the molecule is CC=C(C#N)c1ccc(Cl)cc1. The number of nitriles is 1. The first-order valence-corrected chi connectivity index (χ1v) is 3.98. The predicted molar refractivity (Wildman–Crippen MR) is 50.7 cm³/mol. The Hall–Kier alpha value is -1.26. The lowest BCUT2D eigenvalue weighted by Crippen LogP contribution is -1.78. The largest absolute Gasteiger partial charge is 0.192 e. The molecule has 1 nitrogen and oxygen atoms in total. The van der Waals surface area contributed by atoms with Crippen LogP contribution in [0.5, 0.6) is 0 Å². The summed E-state index contributed by atoms with van der Waals surface area (Å²) in [6, 6.07) is 9.32. The lowest BCUT2D eigenvalue weighted by molar-refractivity contribution is 1.51. The zero-order chi connectivity index (χ0) is 8.97. The molecule has 60 valence electrons. The third-order valence-corrected chi connectivity index (χ3v) is 1.82. The Balaban J connectivity index is 3.06. The van der Waals surface area contributed by atoms with Gasteiger partial charge >= 0.3 is 0 Å². The molecule has 0 bridgehead atoms. The van der Waals surface area contributed by atoms with Gasteiger partial charge in [0.25, 0.3) is 0 Å². The van der Waals surface area contributed by atoms with E-state index >= 15 is 0 Å². The van der Waals surface area contributed by atoms with Gasteiger partial charge in [-0.3, -0.25) is 0 Å². The third-order valence-electron chi connectivity index (χ3n) is 1.56. The van der Waals surface area contributed by atoms with Crippen LogP contribution in [0.4, 0.5) is 0 Å². The van der Waals surface area contributed by atoms with Crippen LogP contribution < -0.4 is 0 Å². The van der Waals surface area contributed by atoms with Crippen molar-refractivity contribution in [2.45, 2.75) is 6.92 Å². The molecule has 0 radical (unpaired) electrons. The number of rotatable bonds is 1. The minimum atomic E-state index is 0.673. The van der Waals surface area contributed by atoms with Crippen molar-refractivity contribution in [1.82, 2.24) is 0 Å². The van der Waals surface area contributed by atoms with Gasteiger partial charge in [-0.05, 0) is 24.6 Å². The average Bonchev–Trinajstić information content (AvgIpc) is 2.10. The average molecular weight is 178 g/mol. The molecule has 1 aromatic carbocycles. The summed E-state index contributed by atoms with van der Waals surface area (Å²) in [6.07, 6.45) is 1.78. The highest BCUT2D eigenvalue weighted by Gasteiger charge is 1.97. The van der Waals surface area contributed by atoms with Gasteiger partial charge in [-0.15, -0.1) is 0 Å². The molecule has 0 aromatic heterocycles. The second-order valence-electron chi connectivity index (χ2n) is 2.32. The lowest BCUT2D eigenvalue weighted by Gasteiger charge is -1.96. The van der Waals surface area contributed by atoms with E-state index in [4.69, 9.17) is 16.9 Å². The smallest absolute Gasteiger partial charge is 0.0994 e. The lowest BCUT2D eigenvalue weighted by atomic mass is 10.1. The van der Waals surface area contributed by atoms with Crippen LogP contribution in [0.15, 0.2) is 30.3 Å². The molecule has 0 aliphatic carbocycles. The van der Waals surface area contributed by atoms with E-state index in [2.05, 4.69) is 6.07 Å². The van der Waals surface area contributed by atoms with Crippen LogP contribution in [-0.2, 0) is 0 Å². The van der Waals surface area contributed by atoms with E-state index in [0.29, 0.717) is 10.6 Å². The van der Waals surface area contributed by atoms with Crippen molar-refractivity contribution in [3.63, 3.8) is 0 Å². The summed E-state index contributed by atoms with van der Waals surface area (Å²) in [5.74, 6) is 0. The van der Waals surface area contributed by atoms with Gasteiger partial charge in [0.15, 0.2) is 0 Å². The van der Waals surface area contributed by atoms with Crippen molar-refractivity contribution >= 4 is 17.2 Å². The molecule has 0 N–H and O–H groups in total. The number of halogens is 1. The van der Waals surface area contributed by atoms with E-state index in [1.807, 2.05) is 19.1 Å². The van der Waals surface area contributed by atoms with Crippen LogP contribution in [0.2, 0.25) is 5.02 Å². The molecule has 0 atom stereocenters. The highest BCUT2D eigenvalue weighted by Crippen LogP contribution is 2.16. The molecule has 0 saturated heterocycles. The van der Waals surface area contributed by atoms with Crippen LogP contribution in [0.25, 0.3) is 5.57 Å². The monoisotopic (exact) mass is 177 g/mol. The predicted octanol–water partition coefficient (Wildman–Crippen LogP) is 3.27. The fourth-order valence-corrected chi connectivity index (χ4v) is 1.05. The highest BCUT2D eigenvalue weighted by atomic mass is 35.5. The number of allylic oxidation sites excluding steroid dienone is 2. The molecule has 0 amide bonds. The van der Waals surface area contributed by atoms with Crippen LogP contribution in [0, 0.1) is 11.3 Å². The molecule has 1 rings (SSSR count). The van der Waals surface area contributed by atoms with Gasteiger partial charge < -0.3 is 0 Å². The van der Waals surface area contributed by atoms with Gasteiger partial charge in [0, 0.05) is 5.02 Å². The summed E-state index contributed by atoms with van der Waals surface area (Å²) in [7, 11) is 0. The van der Waals surface area contributed by atoms with Crippen LogP contribution in [-0.4, -0.2) is 0 Å². The second kappa shape index (κ2) is 3.94. The number of nitrogens with zero attached hydrogens (tertiary/aromatic N) is 1. The molecule has 0 aliphatic heterocycles. The molecule has 0 unspecified atom stereocenters. The van der Waals surface area contributed by atoms with E-state index in [0.717, 1.165) is 5.56 Å². The molecular weight excluding hydrogens is 170 g/mol. The molecule has 2 heteroatoms. The first kappa shape index (κ1) is 8.83. The Kier molecular flexibility index (Phi) is 2.90. The Morgan fingerprint density at radius 1 is 1.42 bits per heavy atom. The quantitative estimate of drug-likeness (QED) is 0.604. The Labute approximate surface area is 76.9 Å². The van der Waals surface area contributed by atoms with E-state index in [9.17, 15) is 0 Å². The third kappa shape index (κ3) is 1.87. The topological polar surface area (TPSA) is 23.8 Å². The highest BCUT2D eigenvalue weighted by molar-refractivity contribution is 6.30. The van der Waals surface area contributed by atoms with Crippen LogP contribution in [0.3, 0.4) is 0 Å². The summed E-state index contributed by atoms with van der Waals surface area (Å²) >= 11 is 5.70. The van der Waals surface area contributed by atoms with Crippen molar-refractivity contribution in [2.75, 3.05) is 0 Å². The Bertz CT molecular complexity index is 330. The van der Waals surface area contributed by atoms with E-state index in [1.165, 1.54) is 0 Å². The molecular formula is C10H8ClN. The summed E-state index contributed by atoms with van der Waals surface area (Å²) in [5.41, 5.74) is 1.58. The normalized spacial score (nSPS) is 10.9. The van der Waals surface area contributed by atoms with Crippen LogP contribution in [0.1, 0.15) is 12.5 Å². The van der Waals surface area contributed by atoms with Crippen molar-refractivity contribution < 1.29 is 0 Å².